The Morgan fingerprint density at radius 2 is 2.24 bits per heavy atom. The minimum Gasteiger partial charge on any atom is -0.497 e. The Labute approximate surface area is 123 Å². The van der Waals surface area contributed by atoms with Crippen molar-refractivity contribution in [2.24, 2.45) is 11.8 Å². The van der Waals surface area contributed by atoms with E-state index in [1.165, 1.54) is 7.11 Å². The van der Waals surface area contributed by atoms with Gasteiger partial charge in [-0.05, 0) is 24.7 Å². The van der Waals surface area contributed by atoms with Crippen molar-refractivity contribution in [3.8, 4) is 5.75 Å². The number of ether oxygens (including phenoxy) is 1. The number of methoxy groups -OCH3 is 1. The van der Waals surface area contributed by atoms with E-state index in [4.69, 9.17) is 4.74 Å². The third-order valence-electron chi connectivity index (χ3n) is 3.87. The van der Waals surface area contributed by atoms with Crippen LogP contribution in [0.25, 0.3) is 0 Å². The number of hydrogen-bond donors (Lipinski definition) is 0. The van der Waals surface area contributed by atoms with Crippen molar-refractivity contribution in [1.29, 1.82) is 0 Å². The average Bonchev–Trinajstić information content (AvgIpc) is 2.84. The van der Waals surface area contributed by atoms with Gasteiger partial charge in [0.05, 0.1) is 12.0 Å². The zero-order valence-electron chi connectivity index (χ0n) is 12.6. The number of nitro groups is 1. The summed E-state index contributed by atoms with van der Waals surface area (Å²) in [6, 6.07) is 2.61. The number of rotatable bonds is 5. The lowest BCUT2D eigenvalue weighted by atomic mass is 9.97. The molecule has 0 N–H and O–H groups in total. The van der Waals surface area contributed by atoms with Crippen LogP contribution in [0, 0.1) is 27.8 Å². The summed E-state index contributed by atoms with van der Waals surface area (Å²) in [7, 11) is 1.43. The average molecular weight is 296 g/mol. The first kappa shape index (κ1) is 15.5. The van der Waals surface area contributed by atoms with Crippen LogP contribution in [0.1, 0.15) is 26.7 Å². The zero-order chi connectivity index (χ0) is 15.6. The predicted octanol–water partition coefficient (Wildman–Crippen LogP) is 3.61. The smallest absolute Gasteiger partial charge is 0.328 e. The fourth-order valence-corrected chi connectivity index (χ4v) is 3.01. The van der Waals surface area contributed by atoms with E-state index in [2.05, 4.69) is 13.8 Å². The van der Waals surface area contributed by atoms with Crippen LogP contribution in [0.15, 0.2) is 12.1 Å². The molecule has 1 unspecified atom stereocenters. The predicted molar refractivity (Wildman–Crippen MR) is 79.4 cm³/mol. The lowest BCUT2D eigenvalue weighted by Gasteiger charge is -2.20. The van der Waals surface area contributed by atoms with Crippen molar-refractivity contribution < 1.29 is 14.1 Å². The standard InChI is InChI=1S/C15H21FN2O3/c1-10(2)6-11-4-5-17(9-11)14-8-12(21-3)7-13(16)15(14)18(19)20/h7-8,10-11H,4-6,9H2,1-3H3. The first-order valence-electron chi connectivity index (χ1n) is 7.19. The molecule has 0 spiro atoms. The quantitative estimate of drug-likeness (QED) is 0.615. The van der Waals surface area contributed by atoms with Crippen LogP contribution in [-0.2, 0) is 0 Å². The summed E-state index contributed by atoms with van der Waals surface area (Å²) in [5.41, 5.74) is -0.135. The van der Waals surface area contributed by atoms with Gasteiger partial charge < -0.3 is 9.64 Å². The SMILES string of the molecule is COc1cc(F)c([N+](=O)[O-])c(N2CCC(CC(C)C)C2)c1. The Balaban J connectivity index is 2.30. The number of hydrogen-bond acceptors (Lipinski definition) is 4. The van der Waals surface area contributed by atoms with Gasteiger partial charge in [0.25, 0.3) is 0 Å². The van der Waals surface area contributed by atoms with Crippen LogP contribution in [-0.4, -0.2) is 25.1 Å². The van der Waals surface area contributed by atoms with Crippen LogP contribution in [0.5, 0.6) is 5.75 Å². The highest BCUT2D eigenvalue weighted by molar-refractivity contribution is 5.67. The van der Waals surface area contributed by atoms with Gasteiger partial charge in [-0.1, -0.05) is 13.8 Å². The molecule has 1 aliphatic rings. The molecular formula is C15H21FN2O3. The van der Waals surface area contributed by atoms with E-state index in [1.807, 2.05) is 4.90 Å². The van der Waals surface area contributed by atoms with Crippen molar-refractivity contribution in [2.45, 2.75) is 26.7 Å². The summed E-state index contributed by atoms with van der Waals surface area (Å²) >= 11 is 0. The van der Waals surface area contributed by atoms with Crippen molar-refractivity contribution in [1.82, 2.24) is 0 Å². The Kier molecular flexibility index (Phi) is 4.65. The molecule has 1 fully saturated rings. The maximum Gasteiger partial charge on any atom is 0.328 e. The molecule has 1 heterocycles. The van der Waals surface area contributed by atoms with E-state index in [9.17, 15) is 14.5 Å². The first-order valence-corrected chi connectivity index (χ1v) is 7.19. The molecule has 2 rings (SSSR count). The topological polar surface area (TPSA) is 55.6 Å². The molecule has 21 heavy (non-hydrogen) atoms. The minimum absolute atomic E-state index is 0.306. The molecule has 6 heteroatoms. The lowest BCUT2D eigenvalue weighted by Crippen LogP contribution is -2.21. The van der Waals surface area contributed by atoms with Gasteiger partial charge in [0.2, 0.25) is 5.82 Å². The van der Waals surface area contributed by atoms with Gasteiger partial charge in [0.15, 0.2) is 0 Å². The highest BCUT2D eigenvalue weighted by atomic mass is 19.1. The van der Waals surface area contributed by atoms with Crippen molar-refractivity contribution >= 4 is 11.4 Å². The highest BCUT2D eigenvalue weighted by Crippen LogP contribution is 2.38. The number of anilines is 1. The second-order valence-corrected chi connectivity index (χ2v) is 5.96. The Morgan fingerprint density at radius 1 is 1.52 bits per heavy atom. The highest BCUT2D eigenvalue weighted by Gasteiger charge is 2.31. The second kappa shape index (κ2) is 6.28. The normalized spacial score (nSPS) is 18.3. The minimum atomic E-state index is -0.846. The van der Waals surface area contributed by atoms with Crippen LogP contribution < -0.4 is 9.64 Å². The van der Waals surface area contributed by atoms with Gasteiger partial charge in [-0.25, -0.2) is 0 Å². The zero-order valence-corrected chi connectivity index (χ0v) is 12.6. The summed E-state index contributed by atoms with van der Waals surface area (Å²) in [4.78, 5) is 12.4. The molecule has 1 saturated heterocycles. The second-order valence-electron chi connectivity index (χ2n) is 5.96. The molecule has 1 aromatic rings. The largest absolute Gasteiger partial charge is 0.497 e. The van der Waals surface area contributed by atoms with Crippen LogP contribution in [0.2, 0.25) is 0 Å². The molecule has 0 bridgehead atoms. The van der Waals surface area contributed by atoms with Crippen molar-refractivity contribution in [2.75, 3.05) is 25.1 Å². The van der Waals surface area contributed by atoms with Crippen molar-refractivity contribution in [3.05, 3.63) is 28.1 Å². The first-order chi connectivity index (χ1) is 9.92. The molecule has 0 amide bonds. The Morgan fingerprint density at radius 3 is 2.81 bits per heavy atom. The Bertz CT molecular complexity index is 534. The summed E-state index contributed by atoms with van der Waals surface area (Å²) in [6.07, 6.45) is 2.06. The lowest BCUT2D eigenvalue weighted by molar-refractivity contribution is -0.386. The fraction of sp³-hybridized carbons (Fsp3) is 0.600. The Hall–Kier alpha value is -1.85. The van der Waals surface area contributed by atoms with E-state index >= 15 is 0 Å². The van der Waals surface area contributed by atoms with E-state index in [0.717, 1.165) is 25.5 Å². The third kappa shape index (κ3) is 3.43. The molecule has 116 valence electrons. The molecule has 0 aromatic heterocycles. The van der Waals surface area contributed by atoms with Crippen LogP contribution in [0.3, 0.4) is 0 Å². The summed E-state index contributed by atoms with van der Waals surface area (Å²) < 4.78 is 19.0. The number of nitrogens with zero attached hydrogens (tertiary/aromatic N) is 2. The molecular weight excluding hydrogens is 275 g/mol. The van der Waals surface area contributed by atoms with E-state index in [1.54, 1.807) is 6.07 Å². The summed E-state index contributed by atoms with van der Waals surface area (Å²) in [6.45, 7) is 5.77. The molecule has 1 aliphatic heterocycles. The van der Waals surface area contributed by atoms with Gasteiger partial charge >= 0.3 is 5.69 Å². The van der Waals surface area contributed by atoms with Crippen LogP contribution >= 0.6 is 0 Å². The third-order valence-corrected chi connectivity index (χ3v) is 3.87. The number of nitro benzene ring substituents is 1. The number of halogens is 1. The molecule has 0 radical (unpaired) electrons. The maximum absolute atomic E-state index is 14.0. The van der Waals surface area contributed by atoms with E-state index in [-0.39, 0.29) is 0 Å². The van der Waals surface area contributed by atoms with Gasteiger partial charge in [-0.3, -0.25) is 10.1 Å². The van der Waals surface area contributed by atoms with Crippen molar-refractivity contribution in [3.63, 3.8) is 0 Å². The van der Waals surface area contributed by atoms with E-state index < -0.39 is 16.4 Å². The molecule has 5 nitrogen and oxygen atoms in total. The maximum atomic E-state index is 14.0. The van der Waals surface area contributed by atoms with Gasteiger partial charge in [0, 0.05) is 25.2 Å². The number of benzene rings is 1. The summed E-state index contributed by atoms with van der Waals surface area (Å²) in [5.74, 6) is 0.549. The van der Waals surface area contributed by atoms with Gasteiger partial charge in [-0.15, -0.1) is 0 Å². The van der Waals surface area contributed by atoms with Crippen LogP contribution in [0.4, 0.5) is 15.8 Å². The van der Waals surface area contributed by atoms with Gasteiger partial charge in [0.1, 0.15) is 11.4 Å². The molecule has 0 aliphatic carbocycles. The molecule has 0 saturated carbocycles. The van der Waals surface area contributed by atoms with E-state index in [0.29, 0.717) is 29.8 Å². The summed E-state index contributed by atoms with van der Waals surface area (Å²) in [5, 5.41) is 11.2. The molecule has 1 atom stereocenters. The van der Waals surface area contributed by atoms with Gasteiger partial charge in [-0.2, -0.15) is 4.39 Å². The monoisotopic (exact) mass is 296 g/mol. The fourth-order valence-electron chi connectivity index (χ4n) is 3.01. The molecule has 1 aromatic carbocycles.